The van der Waals surface area contributed by atoms with Crippen LogP contribution in [0.15, 0.2) is 24.3 Å². The molecule has 80 valence electrons. The Kier molecular flexibility index (Phi) is 2.29. The SMILES string of the molecule is CCC1(C)Cc2ccccc2C(=O)N1C. The van der Waals surface area contributed by atoms with Crippen LogP contribution in [-0.4, -0.2) is 23.4 Å². The molecule has 15 heavy (non-hydrogen) atoms. The van der Waals surface area contributed by atoms with Crippen LogP contribution in [0.3, 0.4) is 0 Å². The third-order valence-corrected chi connectivity index (χ3v) is 3.70. The van der Waals surface area contributed by atoms with Crippen molar-refractivity contribution in [2.75, 3.05) is 7.05 Å². The molecule has 1 aromatic rings. The maximum Gasteiger partial charge on any atom is 0.254 e. The van der Waals surface area contributed by atoms with E-state index in [-0.39, 0.29) is 11.4 Å². The van der Waals surface area contributed by atoms with Crippen LogP contribution in [0.25, 0.3) is 0 Å². The first-order valence-electron chi connectivity index (χ1n) is 5.44. The minimum atomic E-state index is -0.0224. The summed E-state index contributed by atoms with van der Waals surface area (Å²) in [6.45, 7) is 4.29. The Bertz CT molecular complexity index is 399. The van der Waals surface area contributed by atoms with Gasteiger partial charge in [0, 0.05) is 18.2 Å². The number of carbonyl (C=O) groups is 1. The van der Waals surface area contributed by atoms with E-state index in [0.29, 0.717) is 0 Å². The Balaban J connectivity index is 2.50. The fraction of sp³-hybridized carbons (Fsp3) is 0.462. The number of likely N-dealkylation sites (N-methyl/N-ethyl adjacent to an activating group) is 1. The lowest BCUT2D eigenvalue weighted by atomic mass is 9.82. The minimum Gasteiger partial charge on any atom is -0.336 e. The van der Waals surface area contributed by atoms with Gasteiger partial charge in [-0.3, -0.25) is 4.79 Å². The molecular weight excluding hydrogens is 186 g/mol. The number of amides is 1. The fourth-order valence-corrected chi connectivity index (χ4v) is 2.20. The summed E-state index contributed by atoms with van der Waals surface area (Å²) in [5.41, 5.74) is 2.03. The summed E-state index contributed by atoms with van der Waals surface area (Å²) >= 11 is 0. The smallest absolute Gasteiger partial charge is 0.254 e. The third-order valence-electron chi connectivity index (χ3n) is 3.70. The van der Waals surface area contributed by atoms with Crippen LogP contribution in [-0.2, 0) is 6.42 Å². The summed E-state index contributed by atoms with van der Waals surface area (Å²) in [6.07, 6.45) is 1.95. The first-order chi connectivity index (χ1) is 7.08. The molecule has 0 bridgehead atoms. The van der Waals surface area contributed by atoms with E-state index in [1.807, 2.05) is 30.1 Å². The van der Waals surface area contributed by atoms with Gasteiger partial charge < -0.3 is 4.90 Å². The molecular formula is C13H17NO. The zero-order valence-corrected chi connectivity index (χ0v) is 9.58. The van der Waals surface area contributed by atoms with Crippen LogP contribution < -0.4 is 0 Å². The van der Waals surface area contributed by atoms with E-state index < -0.39 is 0 Å². The maximum absolute atomic E-state index is 12.1. The van der Waals surface area contributed by atoms with Gasteiger partial charge in [-0.1, -0.05) is 25.1 Å². The maximum atomic E-state index is 12.1. The summed E-state index contributed by atoms with van der Waals surface area (Å²) < 4.78 is 0. The number of fused-ring (bicyclic) bond motifs is 1. The molecule has 1 aromatic carbocycles. The van der Waals surface area contributed by atoms with Crippen molar-refractivity contribution in [1.82, 2.24) is 4.90 Å². The van der Waals surface area contributed by atoms with Gasteiger partial charge in [0.25, 0.3) is 5.91 Å². The van der Waals surface area contributed by atoms with Gasteiger partial charge in [-0.05, 0) is 31.4 Å². The van der Waals surface area contributed by atoms with Gasteiger partial charge in [0.05, 0.1) is 0 Å². The number of hydrogen-bond donors (Lipinski definition) is 0. The number of benzene rings is 1. The van der Waals surface area contributed by atoms with Gasteiger partial charge in [-0.25, -0.2) is 0 Å². The van der Waals surface area contributed by atoms with Crippen molar-refractivity contribution in [1.29, 1.82) is 0 Å². The lowest BCUT2D eigenvalue weighted by Gasteiger charge is -2.42. The van der Waals surface area contributed by atoms with Gasteiger partial charge in [0.1, 0.15) is 0 Å². The van der Waals surface area contributed by atoms with Crippen LogP contribution >= 0.6 is 0 Å². The van der Waals surface area contributed by atoms with Crippen molar-refractivity contribution in [3.05, 3.63) is 35.4 Å². The van der Waals surface area contributed by atoms with E-state index in [1.54, 1.807) is 0 Å². The molecule has 2 nitrogen and oxygen atoms in total. The van der Waals surface area contributed by atoms with E-state index >= 15 is 0 Å². The Morgan fingerprint density at radius 1 is 1.40 bits per heavy atom. The average molecular weight is 203 g/mol. The van der Waals surface area contributed by atoms with Gasteiger partial charge >= 0.3 is 0 Å². The normalized spacial score (nSPS) is 25.3. The first kappa shape index (κ1) is 10.2. The van der Waals surface area contributed by atoms with Crippen molar-refractivity contribution < 1.29 is 4.79 Å². The molecule has 1 unspecified atom stereocenters. The number of carbonyl (C=O) groups excluding carboxylic acids is 1. The highest BCUT2D eigenvalue weighted by Gasteiger charge is 2.37. The highest BCUT2D eigenvalue weighted by Crippen LogP contribution is 2.31. The molecule has 0 saturated heterocycles. The van der Waals surface area contributed by atoms with E-state index in [4.69, 9.17) is 0 Å². The summed E-state index contributed by atoms with van der Waals surface area (Å²) in [4.78, 5) is 14.0. The molecule has 0 aromatic heterocycles. The van der Waals surface area contributed by atoms with Gasteiger partial charge in [-0.15, -0.1) is 0 Å². The van der Waals surface area contributed by atoms with Crippen molar-refractivity contribution >= 4 is 5.91 Å². The summed E-state index contributed by atoms with van der Waals surface area (Å²) in [5.74, 6) is 0.154. The molecule has 0 saturated carbocycles. The molecule has 0 spiro atoms. The van der Waals surface area contributed by atoms with Crippen LogP contribution in [0, 0.1) is 0 Å². The summed E-state index contributed by atoms with van der Waals surface area (Å²) in [5, 5.41) is 0. The van der Waals surface area contributed by atoms with E-state index in [9.17, 15) is 4.79 Å². The highest BCUT2D eigenvalue weighted by molar-refractivity contribution is 5.97. The summed E-state index contributed by atoms with van der Waals surface area (Å²) in [7, 11) is 1.90. The van der Waals surface area contributed by atoms with Crippen LogP contribution in [0.2, 0.25) is 0 Å². The van der Waals surface area contributed by atoms with Crippen LogP contribution in [0.1, 0.15) is 36.2 Å². The number of rotatable bonds is 1. The monoisotopic (exact) mass is 203 g/mol. The predicted molar refractivity (Wildman–Crippen MR) is 60.9 cm³/mol. The van der Waals surface area contributed by atoms with Crippen LogP contribution in [0.5, 0.6) is 0 Å². The molecule has 2 rings (SSSR count). The van der Waals surface area contributed by atoms with Crippen molar-refractivity contribution in [3.8, 4) is 0 Å². The predicted octanol–water partition coefficient (Wildman–Crippen LogP) is 2.48. The Morgan fingerprint density at radius 2 is 2.07 bits per heavy atom. The van der Waals surface area contributed by atoms with E-state index in [0.717, 1.165) is 18.4 Å². The third kappa shape index (κ3) is 1.44. The van der Waals surface area contributed by atoms with Crippen LogP contribution in [0.4, 0.5) is 0 Å². The summed E-state index contributed by atoms with van der Waals surface area (Å²) in [6, 6.07) is 7.92. The number of hydrogen-bond acceptors (Lipinski definition) is 1. The molecule has 1 heterocycles. The zero-order chi connectivity index (χ0) is 11.1. The highest BCUT2D eigenvalue weighted by atomic mass is 16.2. The molecule has 0 aliphatic carbocycles. The molecule has 1 aliphatic rings. The zero-order valence-electron chi connectivity index (χ0n) is 9.58. The molecule has 1 aliphatic heterocycles. The quantitative estimate of drug-likeness (QED) is 0.686. The van der Waals surface area contributed by atoms with E-state index in [2.05, 4.69) is 19.9 Å². The van der Waals surface area contributed by atoms with Gasteiger partial charge in [0.15, 0.2) is 0 Å². The van der Waals surface area contributed by atoms with Crippen molar-refractivity contribution in [2.45, 2.75) is 32.2 Å². The molecule has 0 radical (unpaired) electrons. The second-order valence-corrected chi connectivity index (χ2v) is 4.55. The second-order valence-electron chi connectivity index (χ2n) is 4.55. The number of nitrogens with zero attached hydrogens (tertiary/aromatic N) is 1. The lowest BCUT2D eigenvalue weighted by molar-refractivity contribution is 0.0545. The standard InChI is InChI=1S/C13H17NO/c1-4-13(2)9-10-7-5-6-8-11(10)12(15)14(13)3/h5-8H,4,9H2,1-3H3. The Labute approximate surface area is 90.9 Å². The van der Waals surface area contributed by atoms with Crippen molar-refractivity contribution in [2.24, 2.45) is 0 Å². The molecule has 1 atom stereocenters. The fourth-order valence-electron chi connectivity index (χ4n) is 2.20. The molecule has 0 N–H and O–H groups in total. The average Bonchev–Trinajstić information content (AvgIpc) is 2.26. The Morgan fingerprint density at radius 3 is 2.73 bits per heavy atom. The van der Waals surface area contributed by atoms with E-state index in [1.165, 1.54) is 5.56 Å². The molecule has 2 heteroatoms. The lowest BCUT2D eigenvalue weighted by Crippen LogP contribution is -2.52. The molecule has 0 fully saturated rings. The second kappa shape index (κ2) is 3.37. The Hall–Kier alpha value is -1.31. The topological polar surface area (TPSA) is 20.3 Å². The van der Waals surface area contributed by atoms with Gasteiger partial charge in [0.2, 0.25) is 0 Å². The van der Waals surface area contributed by atoms with Gasteiger partial charge in [-0.2, -0.15) is 0 Å². The van der Waals surface area contributed by atoms with Crippen molar-refractivity contribution in [3.63, 3.8) is 0 Å². The molecule has 1 amide bonds. The largest absolute Gasteiger partial charge is 0.336 e. The minimum absolute atomic E-state index is 0.0224. The first-order valence-corrected chi connectivity index (χ1v) is 5.44.